The number of quaternary nitrogens is 2. The predicted molar refractivity (Wildman–Crippen MR) is 196 cm³/mol. The highest BCUT2D eigenvalue weighted by Crippen LogP contribution is 2.41. The van der Waals surface area contributed by atoms with E-state index < -0.39 is 61.3 Å². The van der Waals surface area contributed by atoms with Crippen molar-refractivity contribution in [2.75, 3.05) is 62.8 Å². The SMILES string of the molecule is COCC1(OP(=O)([O-])[O-])CCN(c2c(F)cc(N3C[C@H](CNC(C)=O)OC3=O)cc2F)CC1.NC(N)=NCCC[C@H]([NH3+])C(=O)O.NC(N)=NCCC[C@H]([NH3+])C(=O)O. The molecular formula is C31H54F2N11O12P. The smallest absolute Gasteiger partial charge is 0.414 e. The highest BCUT2D eigenvalue weighted by Gasteiger charge is 2.39. The molecule has 26 heteroatoms. The summed E-state index contributed by atoms with van der Waals surface area (Å²) in [7, 11) is -3.98. The van der Waals surface area contributed by atoms with Crippen LogP contribution in [0.4, 0.5) is 25.0 Å². The van der Waals surface area contributed by atoms with Crippen molar-refractivity contribution in [3.63, 3.8) is 0 Å². The van der Waals surface area contributed by atoms with Crippen LogP contribution in [-0.4, -0.2) is 123 Å². The van der Waals surface area contributed by atoms with E-state index >= 15 is 0 Å². The van der Waals surface area contributed by atoms with E-state index in [-0.39, 0.29) is 74.8 Å². The lowest BCUT2D eigenvalue weighted by Gasteiger charge is -2.46. The second-order valence-corrected chi connectivity index (χ2v) is 14.0. The highest BCUT2D eigenvalue weighted by atomic mass is 31.2. The average molecular weight is 842 g/mol. The standard InChI is InChI=1S/C19H26F2N3O8P.2C6H14N4O2/c1-12(25)22-9-14-10-24(18(26)31-14)13-7-15(20)17(16(21)8-13)23-5-3-19(4-6-23,11-30-2)32-33(27,28)29;2*7-4(5(11)12)2-1-3-10-6(8)9/h7-8,14H,3-6,9-11H2,1-2H3,(H,22,25)(H2,27,28,29);2*4H,1-3,7H2,(H,11,12)(H4,8,9,10)/t14-;2*4-/m000/s1. The summed E-state index contributed by atoms with van der Waals surface area (Å²) >= 11 is 0. The molecular weight excluding hydrogens is 787 g/mol. The fraction of sp³-hybridized carbons (Fsp3) is 0.613. The van der Waals surface area contributed by atoms with Gasteiger partial charge in [0.15, 0.2) is 35.6 Å². The monoisotopic (exact) mass is 841 g/mol. The van der Waals surface area contributed by atoms with E-state index in [0.717, 1.165) is 17.0 Å². The number of aliphatic carboxylic acids is 2. The average Bonchev–Trinajstić information content (AvgIpc) is 3.48. The number of carboxylic acid groups (broad SMARTS) is 2. The molecule has 2 fully saturated rings. The van der Waals surface area contributed by atoms with Crippen molar-refractivity contribution in [1.29, 1.82) is 0 Å². The minimum atomic E-state index is -5.30. The Hall–Kier alpha value is -4.91. The Morgan fingerprint density at radius 1 is 1.02 bits per heavy atom. The minimum absolute atomic E-state index is 0.00108. The molecule has 0 saturated carbocycles. The van der Waals surface area contributed by atoms with Crippen LogP contribution in [0.1, 0.15) is 45.4 Å². The van der Waals surface area contributed by atoms with Gasteiger partial charge in [0.25, 0.3) is 0 Å². The van der Waals surface area contributed by atoms with Crippen LogP contribution in [-0.2, 0) is 32.9 Å². The Labute approximate surface area is 326 Å². The third-order valence-corrected chi connectivity index (χ3v) is 8.79. The summed E-state index contributed by atoms with van der Waals surface area (Å²) in [5.74, 6) is -3.87. The van der Waals surface area contributed by atoms with Crippen molar-refractivity contribution in [3.05, 3.63) is 23.8 Å². The van der Waals surface area contributed by atoms with Crippen LogP contribution in [0.2, 0.25) is 0 Å². The summed E-state index contributed by atoms with van der Waals surface area (Å²) in [5, 5.41) is 19.4. The molecule has 0 spiro atoms. The molecule has 324 valence electrons. The first-order chi connectivity index (χ1) is 26.5. The van der Waals surface area contributed by atoms with Crippen molar-refractivity contribution in [3.8, 4) is 0 Å². The zero-order chi connectivity index (χ0) is 43.5. The van der Waals surface area contributed by atoms with Gasteiger partial charge in [-0.05, 0) is 25.7 Å². The zero-order valence-corrected chi connectivity index (χ0v) is 32.7. The molecule has 23 nitrogen and oxygen atoms in total. The summed E-state index contributed by atoms with van der Waals surface area (Å²) in [6.45, 7) is 2.13. The molecule has 1 aromatic carbocycles. The lowest BCUT2D eigenvalue weighted by Crippen LogP contribution is -2.64. The van der Waals surface area contributed by atoms with E-state index in [0.29, 0.717) is 38.8 Å². The first-order valence-corrected chi connectivity index (χ1v) is 18.9. The number of hydrogen-bond donors (Lipinski definition) is 9. The van der Waals surface area contributed by atoms with Crippen LogP contribution < -0.4 is 59.3 Å². The van der Waals surface area contributed by atoms with Gasteiger partial charge in [-0.3, -0.25) is 19.7 Å². The summed E-state index contributed by atoms with van der Waals surface area (Å²) in [5.41, 5.74) is 25.4. The number of guanidine groups is 2. The maximum atomic E-state index is 14.9. The van der Waals surface area contributed by atoms with E-state index in [2.05, 4.69) is 26.8 Å². The number of nitrogens with zero attached hydrogens (tertiary/aromatic N) is 4. The number of carbonyl (C=O) groups excluding carboxylic acids is 2. The number of ether oxygens (including phenoxy) is 2. The Bertz CT molecular complexity index is 1540. The van der Waals surface area contributed by atoms with Crippen LogP contribution in [0, 0.1) is 11.6 Å². The number of amides is 2. The molecule has 3 rings (SSSR count). The fourth-order valence-electron chi connectivity index (χ4n) is 5.34. The lowest BCUT2D eigenvalue weighted by molar-refractivity contribution is -0.409. The van der Waals surface area contributed by atoms with Gasteiger partial charge in [-0.25, -0.2) is 23.2 Å². The third kappa shape index (κ3) is 19.2. The Kier molecular flexibility index (Phi) is 21.1. The maximum absolute atomic E-state index is 14.9. The number of carboxylic acids is 2. The topological polar surface area (TPSA) is 402 Å². The number of methoxy groups -OCH3 is 1. The molecule has 2 aliphatic heterocycles. The van der Waals surface area contributed by atoms with Gasteiger partial charge in [-0.15, -0.1) is 0 Å². The number of rotatable bonds is 18. The number of benzene rings is 1. The van der Waals surface area contributed by atoms with Gasteiger partial charge in [-0.2, -0.15) is 0 Å². The van der Waals surface area contributed by atoms with Gasteiger partial charge < -0.3 is 83.2 Å². The number of piperidine rings is 1. The number of halogens is 2. The molecule has 0 bridgehead atoms. The van der Waals surface area contributed by atoms with Crippen molar-refractivity contribution in [2.45, 2.75) is 69.2 Å². The molecule has 3 atom stereocenters. The quantitative estimate of drug-likeness (QED) is 0.0292. The minimum Gasteiger partial charge on any atom is -0.790 e. The van der Waals surface area contributed by atoms with Crippen LogP contribution in [0.5, 0.6) is 0 Å². The second kappa shape index (κ2) is 24.0. The van der Waals surface area contributed by atoms with Gasteiger partial charge in [0.05, 0.1) is 38.8 Å². The molecule has 0 aliphatic carbocycles. The number of aliphatic imine (C=N–C) groups is 2. The number of hydrogen-bond acceptors (Lipinski definition) is 13. The summed E-state index contributed by atoms with van der Waals surface area (Å²) in [4.78, 5) is 75.8. The molecule has 0 unspecified atom stereocenters. The number of cyclic esters (lactones) is 1. The Balaban J connectivity index is 0.000000555. The number of nitrogens with one attached hydrogen (secondary N) is 1. The van der Waals surface area contributed by atoms with Crippen molar-refractivity contribution in [1.82, 2.24) is 5.32 Å². The van der Waals surface area contributed by atoms with Crippen molar-refractivity contribution >= 4 is 55.1 Å². The zero-order valence-electron chi connectivity index (χ0n) is 31.8. The summed E-state index contributed by atoms with van der Waals surface area (Å²) in [6, 6.07) is 0.855. The largest absolute Gasteiger partial charge is 0.790 e. The van der Waals surface area contributed by atoms with Gasteiger partial charge in [0, 0.05) is 65.2 Å². The van der Waals surface area contributed by atoms with E-state index in [9.17, 15) is 42.3 Å². The van der Waals surface area contributed by atoms with Crippen LogP contribution in [0.3, 0.4) is 0 Å². The summed E-state index contributed by atoms with van der Waals surface area (Å²) in [6.07, 6.45) is 0.769. The molecule has 2 amide bonds. The number of phosphoric acid groups is 1. The van der Waals surface area contributed by atoms with Crippen LogP contribution in [0.25, 0.3) is 0 Å². The third-order valence-electron chi connectivity index (χ3n) is 8.18. The molecule has 2 saturated heterocycles. The van der Waals surface area contributed by atoms with Crippen LogP contribution in [0.15, 0.2) is 22.1 Å². The number of phosphoric ester groups is 1. The Morgan fingerprint density at radius 3 is 1.88 bits per heavy atom. The van der Waals surface area contributed by atoms with E-state index in [1.807, 2.05) is 0 Å². The second-order valence-electron chi connectivity index (χ2n) is 12.9. The maximum Gasteiger partial charge on any atom is 0.414 e. The van der Waals surface area contributed by atoms with Gasteiger partial charge in [-0.1, -0.05) is 0 Å². The van der Waals surface area contributed by atoms with E-state index in [1.54, 1.807) is 0 Å². The number of anilines is 2. The summed E-state index contributed by atoms with van der Waals surface area (Å²) < 4.78 is 55.8. The van der Waals surface area contributed by atoms with Gasteiger partial charge >= 0.3 is 18.0 Å². The highest BCUT2D eigenvalue weighted by molar-refractivity contribution is 7.43. The molecule has 57 heavy (non-hydrogen) atoms. The Morgan fingerprint density at radius 2 is 1.49 bits per heavy atom. The first kappa shape index (κ1) is 50.1. The number of nitrogens with two attached hydrogens (primary N) is 4. The van der Waals surface area contributed by atoms with E-state index in [4.69, 9.17) is 47.1 Å². The molecule has 0 radical (unpaired) electrons. The number of carbonyl (C=O) groups is 4. The molecule has 2 heterocycles. The molecule has 17 N–H and O–H groups in total. The fourth-order valence-corrected chi connectivity index (χ4v) is 6.05. The van der Waals surface area contributed by atoms with Crippen LogP contribution >= 0.6 is 7.82 Å². The molecule has 0 aromatic heterocycles. The van der Waals surface area contributed by atoms with Crippen molar-refractivity contribution in [2.24, 2.45) is 32.9 Å². The van der Waals surface area contributed by atoms with Gasteiger partial charge in [0.1, 0.15) is 11.8 Å². The van der Waals surface area contributed by atoms with Crippen molar-refractivity contribution < 1.29 is 78.0 Å². The molecule has 2 aliphatic rings. The molecule has 1 aromatic rings. The predicted octanol–water partition coefficient (Wildman–Crippen LogP) is -4.27. The lowest BCUT2D eigenvalue weighted by atomic mass is 9.92. The first-order valence-electron chi connectivity index (χ1n) is 17.4. The van der Waals surface area contributed by atoms with Gasteiger partial charge in [0.2, 0.25) is 5.91 Å². The normalized spacial score (nSPS) is 17.1. The van der Waals surface area contributed by atoms with E-state index in [1.165, 1.54) is 18.9 Å².